The highest BCUT2D eigenvalue weighted by Gasteiger charge is 2.02. The van der Waals surface area contributed by atoms with Crippen molar-refractivity contribution < 1.29 is 9.53 Å². The van der Waals surface area contributed by atoms with E-state index in [-0.39, 0.29) is 12.4 Å². The first-order valence-electron chi connectivity index (χ1n) is 3.98. The largest absolute Gasteiger partial charge is 0.453 e. The van der Waals surface area contributed by atoms with Gasteiger partial charge in [0.1, 0.15) is 0 Å². The van der Waals surface area contributed by atoms with Crippen LogP contribution in [-0.2, 0) is 4.74 Å². The summed E-state index contributed by atoms with van der Waals surface area (Å²) >= 11 is 1.53. The molecule has 0 spiro atoms. The minimum atomic E-state index is -0.464. The topological polar surface area (TPSA) is 51.2 Å². The van der Waals surface area contributed by atoms with Crippen LogP contribution in [0.3, 0.4) is 0 Å². The third kappa shape index (κ3) is 2.57. The molecule has 4 nitrogen and oxygen atoms in total. The lowest BCUT2D eigenvalue weighted by Gasteiger charge is -2.02. The zero-order valence-corrected chi connectivity index (χ0v) is 9.52. The summed E-state index contributed by atoms with van der Waals surface area (Å²) in [5, 5.41) is 2.59. The molecule has 2 aromatic rings. The van der Waals surface area contributed by atoms with Crippen molar-refractivity contribution in [2.45, 2.75) is 0 Å². The van der Waals surface area contributed by atoms with E-state index >= 15 is 0 Å². The summed E-state index contributed by atoms with van der Waals surface area (Å²) in [5.74, 6) is 0. The summed E-state index contributed by atoms with van der Waals surface area (Å²) in [6.45, 7) is 0. The van der Waals surface area contributed by atoms with Crippen LogP contribution >= 0.6 is 23.7 Å². The maximum absolute atomic E-state index is 10.9. The maximum Gasteiger partial charge on any atom is 0.411 e. The number of hydrogen-bond acceptors (Lipinski definition) is 4. The van der Waals surface area contributed by atoms with E-state index in [1.54, 1.807) is 11.6 Å². The van der Waals surface area contributed by atoms with Crippen LogP contribution in [0.5, 0.6) is 0 Å². The molecule has 0 saturated heterocycles. The van der Waals surface area contributed by atoms with Gasteiger partial charge in [0.2, 0.25) is 0 Å². The Bertz CT molecular complexity index is 472. The number of aromatic nitrogens is 1. The summed E-state index contributed by atoms with van der Waals surface area (Å²) in [6, 6.07) is 5.51. The van der Waals surface area contributed by atoms with E-state index in [1.165, 1.54) is 18.4 Å². The number of methoxy groups -OCH3 is 1. The van der Waals surface area contributed by atoms with Crippen LogP contribution in [0, 0.1) is 0 Å². The molecule has 0 aliphatic heterocycles. The maximum atomic E-state index is 10.9. The molecule has 1 N–H and O–H groups in total. The summed E-state index contributed by atoms with van der Waals surface area (Å²) < 4.78 is 5.53. The molecule has 2 rings (SSSR count). The molecule has 1 aromatic carbocycles. The van der Waals surface area contributed by atoms with Gasteiger partial charge in [0.15, 0.2) is 0 Å². The van der Waals surface area contributed by atoms with Crippen molar-refractivity contribution in [2.24, 2.45) is 0 Å². The number of benzene rings is 1. The smallest absolute Gasteiger partial charge is 0.411 e. The molecule has 0 atom stereocenters. The second kappa shape index (κ2) is 4.95. The van der Waals surface area contributed by atoms with E-state index < -0.39 is 6.09 Å². The number of carbonyl (C=O) groups excluding carboxylic acids is 1. The molecule has 0 bridgehead atoms. The van der Waals surface area contributed by atoms with Crippen molar-refractivity contribution in [3.63, 3.8) is 0 Å². The number of amides is 1. The highest BCUT2D eigenvalue weighted by Crippen LogP contribution is 2.21. The van der Waals surface area contributed by atoms with Crippen LogP contribution in [0.2, 0.25) is 0 Å². The molecule has 80 valence electrons. The zero-order valence-electron chi connectivity index (χ0n) is 7.89. The molecule has 0 saturated carbocycles. The molecular weight excluding hydrogens is 236 g/mol. The Morgan fingerprint density at radius 2 is 2.33 bits per heavy atom. The lowest BCUT2D eigenvalue weighted by molar-refractivity contribution is 0.187. The quantitative estimate of drug-likeness (QED) is 0.839. The van der Waals surface area contributed by atoms with Gasteiger partial charge >= 0.3 is 6.09 Å². The van der Waals surface area contributed by atoms with E-state index in [1.807, 2.05) is 12.1 Å². The number of hydrogen-bond donors (Lipinski definition) is 1. The van der Waals surface area contributed by atoms with E-state index in [0.717, 1.165) is 10.2 Å². The fourth-order valence-corrected chi connectivity index (χ4v) is 1.82. The minimum Gasteiger partial charge on any atom is -0.453 e. The monoisotopic (exact) mass is 244 g/mol. The van der Waals surface area contributed by atoms with Crippen molar-refractivity contribution in [3.05, 3.63) is 23.7 Å². The molecule has 0 aliphatic rings. The number of nitrogens with zero attached hydrogens (tertiary/aromatic N) is 1. The summed E-state index contributed by atoms with van der Waals surface area (Å²) in [5.41, 5.74) is 3.42. The number of carbonyl (C=O) groups is 1. The second-order valence-electron chi connectivity index (χ2n) is 2.65. The van der Waals surface area contributed by atoms with E-state index in [4.69, 9.17) is 0 Å². The summed E-state index contributed by atoms with van der Waals surface area (Å²) in [7, 11) is 1.33. The van der Waals surface area contributed by atoms with Crippen LogP contribution < -0.4 is 5.32 Å². The molecule has 6 heteroatoms. The number of thiazole rings is 1. The fraction of sp³-hybridized carbons (Fsp3) is 0.111. The summed E-state index contributed by atoms with van der Waals surface area (Å²) in [4.78, 5) is 15.0. The predicted octanol–water partition coefficient (Wildman–Crippen LogP) is 2.90. The van der Waals surface area contributed by atoms with E-state index in [9.17, 15) is 4.79 Å². The zero-order chi connectivity index (χ0) is 9.97. The average molecular weight is 245 g/mol. The number of halogens is 1. The molecule has 0 unspecified atom stereocenters. The van der Waals surface area contributed by atoms with Gasteiger partial charge in [0.25, 0.3) is 0 Å². The first-order chi connectivity index (χ1) is 6.79. The Kier molecular flexibility index (Phi) is 3.88. The van der Waals surface area contributed by atoms with Gasteiger partial charge in [-0.3, -0.25) is 5.32 Å². The standard InChI is InChI=1S/C9H8N2O2S.ClH/c1-13-9(12)11-6-2-3-7-8(4-6)14-5-10-7;/h2-5H,1H3,(H,11,12);1H. The van der Waals surface area contributed by atoms with Crippen molar-refractivity contribution in [3.8, 4) is 0 Å². The molecule has 15 heavy (non-hydrogen) atoms. The Morgan fingerprint density at radius 1 is 1.53 bits per heavy atom. The molecule has 0 fully saturated rings. The van der Waals surface area contributed by atoms with Crippen LogP contribution in [0.25, 0.3) is 10.2 Å². The number of ether oxygens (including phenoxy) is 1. The van der Waals surface area contributed by atoms with Gasteiger partial charge in [-0.05, 0) is 18.2 Å². The van der Waals surface area contributed by atoms with Gasteiger partial charge in [-0.1, -0.05) is 0 Å². The Hall–Kier alpha value is -1.33. The molecule has 1 aromatic heterocycles. The minimum absolute atomic E-state index is 0. The average Bonchev–Trinajstić information content (AvgIpc) is 2.64. The number of rotatable bonds is 1. The molecule has 0 radical (unpaired) electrons. The number of nitrogens with one attached hydrogen (secondary N) is 1. The van der Waals surface area contributed by atoms with Crippen LogP contribution in [0.15, 0.2) is 23.7 Å². The van der Waals surface area contributed by atoms with Crippen molar-refractivity contribution >= 4 is 45.7 Å². The lowest BCUT2D eigenvalue weighted by atomic mass is 10.3. The van der Waals surface area contributed by atoms with Crippen LogP contribution in [0.4, 0.5) is 10.5 Å². The van der Waals surface area contributed by atoms with Gasteiger partial charge in [0, 0.05) is 5.69 Å². The van der Waals surface area contributed by atoms with E-state index in [2.05, 4.69) is 15.0 Å². The van der Waals surface area contributed by atoms with Crippen molar-refractivity contribution in [1.82, 2.24) is 4.98 Å². The second-order valence-corrected chi connectivity index (χ2v) is 3.54. The van der Waals surface area contributed by atoms with Crippen molar-refractivity contribution in [2.75, 3.05) is 12.4 Å². The van der Waals surface area contributed by atoms with Crippen LogP contribution in [-0.4, -0.2) is 18.2 Å². The fourth-order valence-electron chi connectivity index (χ4n) is 1.10. The molecule has 1 amide bonds. The third-order valence-corrected chi connectivity index (χ3v) is 2.55. The Balaban J connectivity index is 0.00000112. The number of fused-ring (bicyclic) bond motifs is 1. The highest BCUT2D eigenvalue weighted by atomic mass is 35.5. The number of anilines is 1. The van der Waals surface area contributed by atoms with Crippen LogP contribution in [0.1, 0.15) is 0 Å². The first kappa shape index (κ1) is 11.7. The molecule has 0 aliphatic carbocycles. The van der Waals surface area contributed by atoms with Gasteiger partial charge in [-0.15, -0.1) is 23.7 Å². The molecule has 1 heterocycles. The highest BCUT2D eigenvalue weighted by molar-refractivity contribution is 7.16. The normalized spacial score (nSPS) is 9.40. The van der Waals surface area contributed by atoms with Gasteiger partial charge in [-0.25, -0.2) is 9.78 Å². The van der Waals surface area contributed by atoms with Gasteiger partial charge < -0.3 is 4.74 Å². The van der Waals surface area contributed by atoms with Gasteiger partial charge in [-0.2, -0.15) is 0 Å². The Morgan fingerprint density at radius 3 is 3.07 bits per heavy atom. The summed E-state index contributed by atoms with van der Waals surface area (Å²) in [6.07, 6.45) is -0.464. The molecular formula is C9H9ClN2O2S. The predicted molar refractivity (Wildman–Crippen MR) is 62.9 cm³/mol. The third-order valence-electron chi connectivity index (χ3n) is 1.76. The van der Waals surface area contributed by atoms with Gasteiger partial charge in [0.05, 0.1) is 22.8 Å². The van der Waals surface area contributed by atoms with E-state index in [0.29, 0.717) is 5.69 Å². The Labute approximate surface area is 96.7 Å². The lowest BCUT2D eigenvalue weighted by Crippen LogP contribution is -2.10. The first-order valence-corrected chi connectivity index (χ1v) is 4.86. The SMILES string of the molecule is COC(=O)Nc1ccc2ncsc2c1.Cl. The van der Waals surface area contributed by atoms with Crippen molar-refractivity contribution in [1.29, 1.82) is 0 Å².